The van der Waals surface area contributed by atoms with Crippen molar-refractivity contribution in [3.63, 3.8) is 0 Å². The summed E-state index contributed by atoms with van der Waals surface area (Å²) >= 11 is 0. The SMILES string of the molecule is COc1cc(C(=O)OCc2cccnc2)ccc1N. The van der Waals surface area contributed by atoms with Crippen molar-refractivity contribution in [2.75, 3.05) is 12.8 Å². The summed E-state index contributed by atoms with van der Waals surface area (Å²) in [5, 5.41) is 0. The van der Waals surface area contributed by atoms with Crippen molar-refractivity contribution in [2.45, 2.75) is 6.61 Å². The Morgan fingerprint density at radius 2 is 2.21 bits per heavy atom. The molecule has 0 bridgehead atoms. The summed E-state index contributed by atoms with van der Waals surface area (Å²) in [5.41, 5.74) is 7.39. The van der Waals surface area contributed by atoms with E-state index in [9.17, 15) is 4.79 Å². The number of carbonyl (C=O) groups excluding carboxylic acids is 1. The van der Waals surface area contributed by atoms with Crippen LogP contribution in [0.15, 0.2) is 42.7 Å². The van der Waals surface area contributed by atoms with Gasteiger partial charge in [0.05, 0.1) is 18.4 Å². The fourth-order valence-electron chi connectivity index (χ4n) is 1.55. The van der Waals surface area contributed by atoms with Gasteiger partial charge in [-0.3, -0.25) is 4.98 Å². The second-order valence-electron chi connectivity index (χ2n) is 3.89. The molecule has 0 aliphatic heterocycles. The molecule has 1 aromatic carbocycles. The van der Waals surface area contributed by atoms with E-state index in [2.05, 4.69) is 4.98 Å². The molecule has 0 aliphatic carbocycles. The van der Waals surface area contributed by atoms with Gasteiger partial charge in [-0.25, -0.2) is 4.79 Å². The van der Waals surface area contributed by atoms with Crippen LogP contribution < -0.4 is 10.5 Å². The highest BCUT2D eigenvalue weighted by molar-refractivity contribution is 5.90. The van der Waals surface area contributed by atoms with Crippen LogP contribution >= 0.6 is 0 Å². The maximum absolute atomic E-state index is 11.9. The minimum Gasteiger partial charge on any atom is -0.495 e. The quantitative estimate of drug-likeness (QED) is 0.671. The molecule has 2 rings (SSSR count). The van der Waals surface area contributed by atoms with Gasteiger partial charge in [-0.2, -0.15) is 0 Å². The number of nitrogens with two attached hydrogens (primary N) is 1. The molecule has 0 atom stereocenters. The first-order valence-electron chi connectivity index (χ1n) is 5.70. The van der Waals surface area contributed by atoms with Crippen molar-refractivity contribution in [3.8, 4) is 5.75 Å². The number of ether oxygens (including phenoxy) is 2. The van der Waals surface area contributed by atoms with Crippen LogP contribution in [0.5, 0.6) is 5.75 Å². The topological polar surface area (TPSA) is 74.4 Å². The van der Waals surface area contributed by atoms with E-state index in [4.69, 9.17) is 15.2 Å². The van der Waals surface area contributed by atoms with E-state index in [1.807, 2.05) is 6.07 Å². The second kappa shape index (κ2) is 5.86. The highest BCUT2D eigenvalue weighted by atomic mass is 16.5. The molecule has 19 heavy (non-hydrogen) atoms. The van der Waals surface area contributed by atoms with Crippen LogP contribution in [0.25, 0.3) is 0 Å². The van der Waals surface area contributed by atoms with E-state index < -0.39 is 5.97 Å². The maximum atomic E-state index is 11.9. The number of hydrogen-bond donors (Lipinski definition) is 1. The van der Waals surface area contributed by atoms with Gasteiger partial charge >= 0.3 is 5.97 Å². The first-order valence-corrected chi connectivity index (χ1v) is 5.70. The van der Waals surface area contributed by atoms with Crippen LogP contribution in [0.3, 0.4) is 0 Å². The van der Waals surface area contributed by atoms with Crippen molar-refractivity contribution in [3.05, 3.63) is 53.9 Å². The molecule has 0 aliphatic rings. The number of esters is 1. The summed E-state index contributed by atoms with van der Waals surface area (Å²) < 4.78 is 10.2. The molecule has 98 valence electrons. The highest BCUT2D eigenvalue weighted by Gasteiger charge is 2.10. The Morgan fingerprint density at radius 3 is 2.89 bits per heavy atom. The van der Waals surface area contributed by atoms with Crippen molar-refractivity contribution in [1.82, 2.24) is 4.98 Å². The monoisotopic (exact) mass is 258 g/mol. The van der Waals surface area contributed by atoms with Crippen LogP contribution in [0.4, 0.5) is 5.69 Å². The minimum absolute atomic E-state index is 0.180. The molecule has 2 N–H and O–H groups in total. The van der Waals surface area contributed by atoms with Crippen LogP contribution in [0.2, 0.25) is 0 Å². The minimum atomic E-state index is -0.429. The molecule has 0 radical (unpaired) electrons. The standard InChI is InChI=1S/C14H14N2O3/c1-18-13-7-11(4-5-12(13)15)14(17)19-9-10-3-2-6-16-8-10/h2-8H,9,15H2,1H3. The van der Waals surface area contributed by atoms with Gasteiger partial charge in [-0.05, 0) is 24.3 Å². The number of pyridine rings is 1. The molecular weight excluding hydrogens is 244 g/mol. The number of benzene rings is 1. The third-order valence-electron chi connectivity index (χ3n) is 2.56. The molecule has 1 aromatic heterocycles. The van der Waals surface area contributed by atoms with Crippen LogP contribution in [0.1, 0.15) is 15.9 Å². The molecule has 0 amide bonds. The van der Waals surface area contributed by atoms with E-state index in [1.54, 1.807) is 36.7 Å². The summed E-state index contributed by atoms with van der Waals surface area (Å²) in [4.78, 5) is 15.8. The number of carbonyl (C=O) groups is 1. The van der Waals surface area contributed by atoms with Crippen LogP contribution in [-0.2, 0) is 11.3 Å². The van der Waals surface area contributed by atoms with Crippen LogP contribution in [-0.4, -0.2) is 18.1 Å². The van der Waals surface area contributed by atoms with Gasteiger partial charge in [0.2, 0.25) is 0 Å². The van der Waals surface area contributed by atoms with E-state index in [0.29, 0.717) is 17.0 Å². The average molecular weight is 258 g/mol. The van der Waals surface area contributed by atoms with E-state index in [1.165, 1.54) is 7.11 Å². The summed E-state index contributed by atoms with van der Waals surface area (Å²) in [6, 6.07) is 8.39. The van der Waals surface area contributed by atoms with Gasteiger partial charge in [-0.1, -0.05) is 6.07 Å². The lowest BCUT2D eigenvalue weighted by atomic mass is 10.2. The third-order valence-corrected chi connectivity index (χ3v) is 2.56. The van der Waals surface area contributed by atoms with Gasteiger partial charge in [-0.15, -0.1) is 0 Å². The molecule has 0 fully saturated rings. The molecule has 2 aromatic rings. The first kappa shape index (κ1) is 12.9. The number of anilines is 1. The zero-order valence-corrected chi connectivity index (χ0v) is 10.5. The molecule has 1 heterocycles. The molecule has 5 nitrogen and oxygen atoms in total. The van der Waals surface area contributed by atoms with Gasteiger partial charge in [0.25, 0.3) is 0 Å². The lowest BCUT2D eigenvalue weighted by Crippen LogP contribution is -2.06. The number of nitrogen functional groups attached to an aromatic ring is 1. The van der Waals surface area contributed by atoms with Crippen molar-refractivity contribution in [1.29, 1.82) is 0 Å². The van der Waals surface area contributed by atoms with Crippen molar-refractivity contribution >= 4 is 11.7 Å². The molecule has 0 saturated heterocycles. The van der Waals surface area contributed by atoms with Gasteiger partial charge in [0.15, 0.2) is 0 Å². The third kappa shape index (κ3) is 3.22. The molecule has 0 unspecified atom stereocenters. The van der Waals surface area contributed by atoms with Crippen molar-refractivity contribution < 1.29 is 14.3 Å². The lowest BCUT2D eigenvalue weighted by Gasteiger charge is -2.08. The average Bonchev–Trinajstić information content (AvgIpc) is 2.46. The highest BCUT2D eigenvalue weighted by Crippen LogP contribution is 2.22. The summed E-state index contributed by atoms with van der Waals surface area (Å²) in [6.45, 7) is 0.180. The second-order valence-corrected chi connectivity index (χ2v) is 3.89. The number of nitrogens with zero attached hydrogens (tertiary/aromatic N) is 1. The molecule has 0 spiro atoms. The van der Waals surface area contributed by atoms with E-state index in [-0.39, 0.29) is 6.61 Å². The van der Waals surface area contributed by atoms with Gasteiger partial charge < -0.3 is 15.2 Å². The van der Waals surface area contributed by atoms with Gasteiger partial charge in [0.1, 0.15) is 12.4 Å². The summed E-state index contributed by atoms with van der Waals surface area (Å²) in [6.07, 6.45) is 3.31. The molecular formula is C14H14N2O3. The smallest absolute Gasteiger partial charge is 0.338 e. The van der Waals surface area contributed by atoms with Crippen LogP contribution in [0, 0.1) is 0 Å². The lowest BCUT2D eigenvalue weighted by molar-refractivity contribution is 0.0472. The Hall–Kier alpha value is -2.56. The Balaban J connectivity index is 2.04. The van der Waals surface area contributed by atoms with E-state index in [0.717, 1.165) is 5.56 Å². The Labute approximate surface area is 111 Å². The molecule has 0 saturated carbocycles. The summed E-state index contributed by atoms with van der Waals surface area (Å²) in [5.74, 6) is 0.0259. The van der Waals surface area contributed by atoms with E-state index >= 15 is 0 Å². The fourth-order valence-corrected chi connectivity index (χ4v) is 1.55. The van der Waals surface area contributed by atoms with Crippen molar-refractivity contribution in [2.24, 2.45) is 0 Å². The maximum Gasteiger partial charge on any atom is 0.338 e. The number of aromatic nitrogens is 1. The zero-order valence-electron chi connectivity index (χ0n) is 10.5. The Morgan fingerprint density at radius 1 is 1.37 bits per heavy atom. The number of hydrogen-bond acceptors (Lipinski definition) is 5. The largest absolute Gasteiger partial charge is 0.495 e. The predicted molar refractivity (Wildman–Crippen MR) is 70.8 cm³/mol. The van der Waals surface area contributed by atoms with Gasteiger partial charge in [0, 0.05) is 18.0 Å². The first-order chi connectivity index (χ1) is 9.20. The Bertz CT molecular complexity index is 570. The Kier molecular flexibility index (Phi) is 3.97. The number of methoxy groups -OCH3 is 1. The number of rotatable bonds is 4. The zero-order chi connectivity index (χ0) is 13.7. The fraction of sp³-hybridized carbons (Fsp3) is 0.143. The summed E-state index contributed by atoms with van der Waals surface area (Å²) in [7, 11) is 1.50. The molecule has 5 heteroatoms. The normalized spacial score (nSPS) is 9.95. The predicted octanol–water partition coefficient (Wildman–Crippen LogP) is 2.03.